The second kappa shape index (κ2) is 6.28. The van der Waals surface area contributed by atoms with Crippen molar-refractivity contribution in [2.75, 3.05) is 0 Å². The molecule has 6 heteroatoms. The van der Waals surface area contributed by atoms with Gasteiger partial charge in [0.05, 0.1) is 17.1 Å². The molecule has 1 aromatic carbocycles. The van der Waals surface area contributed by atoms with Gasteiger partial charge in [-0.15, -0.1) is 10.2 Å². The standard InChI is InChI=1S/C18H17N3O2S/c1-12-14(10-11-23-12)17-19-20-18(24-16-9-5-8-15(16)22)21(17)13-6-3-2-4-7-13/h2-4,6-7,10-11,16H,5,8-9H2,1H3/t16-/m0/s1. The number of rotatable bonds is 4. The second-order valence-corrected chi connectivity index (χ2v) is 7.00. The molecule has 1 fully saturated rings. The molecule has 0 bridgehead atoms. The first-order chi connectivity index (χ1) is 11.7. The van der Waals surface area contributed by atoms with Crippen LogP contribution in [0, 0.1) is 6.92 Å². The van der Waals surface area contributed by atoms with Crippen LogP contribution in [0.25, 0.3) is 17.1 Å². The average molecular weight is 339 g/mol. The van der Waals surface area contributed by atoms with E-state index in [9.17, 15) is 4.79 Å². The topological polar surface area (TPSA) is 60.9 Å². The highest BCUT2D eigenvalue weighted by Crippen LogP contribution is 2.35. The highest BCUT2D eigenvalue weighted by molar-refractivity contribution is 8.00. The minimum atomic E-state index is -0.0186. The summed E-state index contributed by atoms with van der Waals surface area (Å²) in [5.74, 6) is 1.84. The molecule has 0 amide bonds. The number of Topliss-reactive ketones (excluding diaryl/α,β-unsaturated/α-hetero) is 1. The van der Waals surface area contributed by atoms with E-state index in [1.54, 1.807) is 6.26 Å². The molecule has 1 aliphatic carbocycles. The van der Waals surface area contributed by atoms with Crippen molar-refractivity contribution in [1.82, 2.24) is 14.8 Å². The molecule has 1 saturated carbocycles. The van der Waals surface area contributed by atoms with Crippen molar-refractivity contribution in [3.05, 3.63) is 48.4 Å². The number of hydrogen-bond donors (Lipinski definition) is 0. The van der Waals surface area contributed by atoms with Crippen molar-refractivity contribution in [3.8, 4) is 17.1 Å². The van der Waals surface area contributed by atoms with Crippen LogP contribution in [0.4, 0.5) is 0 Å². The van der Waals surface area contributed by atoms with Gasteiger partial charge in [0.25, 0.3) is 0 Å². The van der Waals surface area contributed by atoms with Gasteiger partial charge in [-0.2, -0.15) is 0 Å². The molecular formula is C18H17N3O2S. The Bertz CT molecular complexity index is 870. The Hall–Kier alpha value is -2.34. The number of aryl methyl sites for hydroxylation is 1. The summed E-state index contributed by atoms with van der Waals surface area (Å²) in [6, 6.07) is 11.9. The van der Waals surface area contributed by atoms with Crippen LogP contribution >= 0.6 is 11.8 Å². The van der Waals surface area contributed by atoms with Gasteiger partial charge in [0.2, 0.25) is 0 Å². The van der Waals surface area contributed by atoms with E-state index in [1.165, 1.54) is 11.8 Å². The summed E-state index contributed by atoms with van der Waals surface area (Å²) in [5.41, 5.74) is 1.89. The summed E-state index contributed by atoms with van der Waals surface area (Å²) < 4.78 is 7.44. The Morgan fingerprint density at radius 2 is 2.04 bits per heavy atom. The van der Waals surface area contributed by atoms with Gasteiger partial charge in [-0.1, -0.05) is 30.0 Å². The SMILES string of the molecule is Cc1occc1-c1nnc(S[C@H]2CCCC2=O)n1-c1ccccc1. The molecule has 2 heterocycles. The Labute approximate surface area is 144 Å². The van der Waals surface area contributed by atoms with Crippen molar-refractivity contribution in [3.63, 3.8) is 0 Å². The van der Waals surface area contributed by atoms with E-state index >= 15 is 0 Å². The maximum Gasteiger partial charge on any atom is 0.196 e. The van der Waals surface area contributed by atoms with Crippen LogP contribution in [0.1, 0.15) is 25.0 Å². The number of para-hydroxylation sites is 1. The van der Waals surface area contributed by atoms with Crippen molar-refractivity contribution in [2.24, 2.45) is 0 Å². The Balaban J connectivity index is 1.81. The summed E-state index contributed by atoms with van der Waals surface area (Å²) in [6.45, 7) is 1.91. The van der Waals surface area contributed by atoms with Gasteiger partial charge in [-0.05, 0) is 38.0 Å². The van der Waals surface area contributed by atoms with Gasteiger partial charge in [0.1, 0.15) is 11.5 Å². The summed E-state index contributed by atoms with van der Waals surface area (Å²) in [4.78, 5) is 12.0. The lowest BCUT2D eigenvalue weighted by Crippen LogP contribution is -2.10. The third-order valence-electron chi connectivity index (χ3n) is 4.24. The quantitative estimate of drug-likeness (QED) is 0.717. The number of carbonyl (C=O) groups excluding carboxylic acids is 1. The van der Waals surface area contributed by atoms with E-state index in [1.807, 2.05) is 47.9 Å². The van der Waals surface area contributed by atoms with Crippen LogP contribution in [0.5, 0.6) is 0 Å². The van der Waals surface area contributed by atoms with Crippen LogP contribution in [-0.4, -0.2) is 25.8 Å². The lowest BCUT2D eigenvalue weighted by atomic mass is 10.2. The molecular weight excluding hydrogens is 322 g/mol. The molecule has 0 unspecified atom stereocenters. The van der Waals surface area contributed by atoms with E-state index in [0.717, 1.165) is 40.8 Å². The van der Waals surface area contributed by atoms with Gasteiger partial charge in [-0.3, -0.25) is 9.36 Å². The molecule has 122 valence electrons. The van der Waals surface area contributed by atoms with Crippen molar-refractivity contribution in [1.29, 1.82) is 0 Å². The molecule has 0 N–H and O–H groups in total. The molecule has 4 rings (SSSR count). The highest BCUT2D eigenvalue weighted by atomic mass is 32.2. The lowest BCUT2D eigenvalue weighted by molar-refractivity contribution is -0.116. The Morgan fingerprint density at radius 1 is 1.21 bits per heavy atom. The molecule has 2 aromatic heterocycles. The summed E-state index contributed by atoms with van der Waals surface area (Å²) in [6.07, 6.45) is 4.20. The maximum absolute atomic E-state index is 12.0. The summed E-state index contributed by atoms with van der Waals surface area (Å²) >= 11 is 1.51. The smallest absolute Gasteiger partial charge is 0.196 e. The van der Waals surface area contributed by atoms with Gasteiger partial charge >= 0.3 is 0 Å². The number of carbonyl (C=O) groups is 1. The molecule has 1 aliphatic rings. The number of benzene rings is 1. The fraction of sp³-hybridized carbons (Fsp3) is 0.278. The number of furan rings is 1. The molecule has 5 nitrogen and oxygen atoms in total. The van der Waals surface area contributed by atoms with Gasteiger partial charge < -0.3 is 4.42 Å². The first-order valence-corrected chi connectivity index (χ1v) is 8.86. The number of aromatic nitrogens is 3. The summed E-state index contributed by atoms with van der Waals surface area (Å²) in [7, 11) is 0. The van der Waals surface area contributed by atoms with Crippen LogP contribution in [0.15, 0.2) is 52.2 Å². The summed E-state index contributed by atoms with van der Waals surface area (Å²) in [5, 5.41) is 9.48. The zero-order valence-electron chi connectivity index (χ0n) is 13.3. The fourth-order valence-corrected chi connectivity index (χ4v) is 4.16. The van der Waals surface area contributed by atoms with Crippen molar-refractivity contribution < 1.29 is 9.21 Å². The van der Waals surface area contributed by atoms with E-state index in [2.05, 4.69) is 10.2 Å². The predicted molar refractivity (Wildman–Crippen MR) is 92.3 cm³/mol. The van der Waals surface area contributed by atoms with E-state index in [0.29, 0.717) is 12.2 Å². The second-order valence-electron chi connectivity index (χ2n) is 5.83. The molecule has 0 aliphatic heterocycles. The van der Waals surface area contributed by atoms with Crippen LogP contribution < -0.4 is 0 Å². The zero-order chi connectivity index (χ0) is 16.5. The fourth-order valence-electron chi connectivity index (χ4n) is 2.98. The molecule has 0 saturated heterocycles. The van der Waals surface area contributed by atoms with Crippen LogP contribution in [-0.2, 0) is 4.79 Å². The largest absolute Gasteiger partial charge is 0.469 e. The molecule has 24 heavy (non-hydrogen) atoms. The van der Waals surface area contributed by atoms with Crippen LogP contribution in [0.2, 0.25) is 0 Å². The van der Waals surface area contributed by atoms with Gasteiger partial charge in [0.15, 0.2) is 11.0 Å². The van der Waals surface area contributed by atoms with E-state index in [-0.39, 0.29) is 5.25 Å². The zero-order valence-corrected chi connectivity index (χ0v) is 14.1. The third kappa shape index (κ3) is 2.67. The minimum absolute atomic E-state index is 0.0186. The number of hydrogen-bond acceptors (Lipinski definition) is 5. The molecule has 0 spiro atoms. The van der Waals surface area contributed by atoms with Gasteiger partial charge in [0, 0.05) is 12.1 Å². The lowest BCUT2D eigenvalue weighted by Gasteiger charge is -2.11. The molecule has 1 atom stereocenters. The predicted octanol–water partition coefficient (Wildman–Crippen LogP) is 4.05. The van der Waals surface area contributed by atoms with E-state index < -0.39 is 0 Å². The maximum atomic E-state index is 12.0. The molecule has 0 radical (unpaired) electrons. The van der Waals surface area contributed by atoms with Crippen molar-refractivity contribution >= 4 is 17.5 Å². The Kier molecular flexibility index (Phi) is 3.98. The molecule has 3 aromatic rings. The van der Waals surface area contributed by atoms with Gasteiger partial charge in [-0.25, -0.2) is 0 Å². The number of thioether (sulfide) groups is 1. The third-order valence-corrected chi connectivity index (χ3v) is 5.50. The monoisotopic (exact) mass is 339 g/mol. The first kappa shape index (κ1) is 15.2. The first-order valence-electron chi connectivity index (χ1n) is 7.98. The average Bonchev–Trinajstić information content (AvgIpc) is 3.30. The van der Waals surface area contributed by atoms with E-state index in [4.69, 9.17) is 4.42 Å². The Morgan fingerprint density at radius 3 is 2.71 bits per heavy atom. The number of nitrogens with zero attached hydrogens (tertiary/aromatic N) is 3. The van der Waals surface area contributed by atoms with Crippen LogP contribution in [0.3, 0.4) is 0 Å². The van der Waals surface area contributed by atoms with Crippen molar-refractivity contribution in [2.45, 2.75) is 36.6 Å². The highest BCUT2D eigenvalue weighted by Gasteiger charge is 2.28. The normalized spacial score (nSPS) is 17.5. The number of ketones is 1. The minimum Gasteiger partial charge on any atom is -0.469 e.